The molecule has 0 aromatic heterocycles. The molecule has 1 amide bonds. The lowest BCUT2D eigenvalue weighted by molar-refractivity contribution is -0.132. The summed E-state index contributed by atoms with van der Waals surface area (Å²) >= 11 is 0. The normalized spacial score (nSPS) is 18.5. The number of amides is 1. The van der Waals surface area contributed by atoms with Crippen molar-refractivity contribution in [2.75, 3.05) is 13.7 Å². The molecular weight excluding hydrogens is 190 g/mol. The van der Waals surface area contributed by atoms with Crippen molar-refractivity contribution in [2.24, 2.45) is 0 Å². The molecule has 3 heteroatoms. The van der Waals surface area contributed by atoms with Crippen LogP contribution in [-0.2, 0) is 4.79 Å². The molecule has 88 valence electrons. The van der Waals surface area contributed by atoms with Gasteiger partial charge in [-0.2, -0.15) is 0 Å². The summed E-state index contributed by atoms with van der Waals surface area (Å²) in [6.45, 7) is 0.115. The summed E-state index contributed by atoms with van der Waals surface area (Å²) in [4.78, 5) is 13.6. The fourth-order valence-corrected chi connectivity index (χ4v) is 2.26. The molecule has 0 heterocycles. The van der Waals surface area contributed by atoms with Gasteiger partial charge in [0.2, 0.25) is 5.91 Å². The lowest BCUT2D eigenvalue weighted by atomic mass is 10.1. The average Bonchev–Trinajstić information content (AvgIpc) is 2.53. The van der Waals surface area contributed by atoms with Gasteiger partial charge in [-0.15, -0.1) is 0 Å². The highest BCUT2D eigenvalue weighted by molar-refractivity contribution is 5.76. The van der Waals surface area contributed by atoms with E-state index in [9.17, 15) is 4.79 Å². The first-order valence-corrected chi connectivity index (χ1v) is 6.12. The number of hydrogen-bond donors (Lipinski definition) is 1. The number of aliphatic hydroxyl groups excluding tert-OH is 1. The van der Waals surface area contributed by atoms with Gasteiger partial charge in [-0.1, -0.05) is 25.7 Å². The van der Waals surface area contributed by atoms with Crippen molar-refractivity contribution in [1.82, 2.24) is 4.90 Å². The van der Waals surface area contributed by atoms with Crippen LogP contribution in [-0.4, -0.2) is 35.6 Å². The SMILES string of the molecule is CN(C(=O)CCCO)C1CCCCCC1. The van der Waals surface area contributed by atoms with Gasteiger partial charge in [0, 0.05) is 26.1 Å². The number of nitrogens with zero attached hydrogens (tertiary/aromatic N) is 1. The van der Waals surface area contributed by atoms with E-state index >= 15 is 0 Å². The van der Waals surface area contributed by atoms with E-state index in [2.05, 4.69) is 0 Å². The van der Waals surface area contributed by atoms with Gasteiger partial charge in [-0.3, -0.25) is 4.79 Å². The van der Waals surface area contributed by atoms with Gasteiger partial charge in [0.1, 0.15) is 0 Å². The summed E-state index contributed by atoms with van der Waals surface area (Å²) in [5.74, 6) is 0.191. The van der Waals surface area contributed by atoms with Crippen LogP contribution in [0.2, 0.25) is 0 Å². The van der Waals surface area contributed by atoms with Gasteiger partial charge in [0.15, 0.2) is 0 Å². The van der Waals surface area contributed by atoms with Crippen molar-refractivity contribution >= 4 is 5.91 Å². The predicted molar refractivity (Wildman–Crippen MR) is 60.6 cm³/mol. The first-order chi connectivity index (χ1) is 7.25. The number of rotatable bonds is 4. The van der Waals surface area contributed by atoms with Crippen LogP contribution in [0.15, 0.2) is 0 Å². The van der Waals surface area contributed by atoms with E-state index in [-0.39, 0.29) is 12.5 Å². The topological polar surface area (TPSA) is 40.5 Å². The molecule has 0 aromatic carbocycles. The number of aliphatic hydroxyl groups is 1. The maximum atomic E-state index is 11.7. The number of hydrogen-bond acceptors (Lipinski definition) is 2. The average molecular weight is 213 g/mol. The van der Waals surface area contributed by atoms with Gasteiger partial charge < -0.3 is 10.0 Å². The Balaban J connectivity index is 2.35. The first-order valence-electron chi connectivity index (χ1n) is 6.12. The van der Waals surface area contributed by atoms with Crippen molar-refractivity contribution < 1.29 is 9.90 Å². The maximum absolute atomic E-state index is 11.7. The molecule has 0 bridgehead atoms. The minimum atomic E-state index is 0.115. The molecule has 15 heavy (non-hydrogen) atoms. The third-order valence-electron chi connectivity index (χ3n) is 3.31. The Hall–Kier alpha value is -0.570. The largest absolute Gasteiger partial charge is 0.396 e. The molecule has 0 aromatic rings. The second kappa shape index (κ2) is 6.83. The third kappa shape index (κ3) is 4.20. The van der Waals surface area contributed by atoms with Crippen LogP contribution < -0.4 is 0 Å². The second-order valence-corrected chi connectivity index (χ2v) is 4.48. The highest BCUT2D eigenvalue weighted by atomic mass is 16.3. The highest BCUT2D eigenvalue weighted by Crippen LogP contribution is 2.21. The molecule has 0 unspecified atom stereocenters. The molecule has 0 spiro atoms. The molecule has 1 fully saturated rings. The van der Waals surface area contributed by atoms with Crippen LogP contribution in [0.4, 0.5) is 0 Å². The van der Waals surface area contributed by atoms with Crippen molar-refractivity contribution in [3.63, 3.8) is 0 Å². The van der Waals surface area contributed by atoms with Crippen LogP contribution in [0.1, 0.15) is 51.4 Å². The molecule has 0 saturated heterocycles. The number of carbonyl (C=O) groups is 1. The van der Waals surface area contributed by atoms with E-state index in [1.807, 2.05) is 11.9 Å². The quantitative estimate of drug-likeness (QED) is 0.725. The van der Waals surface area contributed by atoms with Crippen LogP contribution in [0.3, 0.4) is 0 Å². The predicted octanol–water partition coefficient (Wildman–Crippen LogP) is 1.94. The van der Waals surface area contributed by atoms with Crippen molar-refractivity contribution in [3.8, 4) is 0 Å². The molecule has 1 aliphatic rings. The second-order valence-electron chi connectivity index (χ2n) is 4.48. The summed E-state index contributed by atoms with van der Waals surface area (Å²) in [7, 11) is 1.91. The Morgan fingerprint density at radius 1 is 1.27 bits per heavy atom. The summed E-state index contributed by atoms with van der Waals surface area (Å²) in [6.07, 6.45) is 8.52. The zero-order valence-electron chi connectivity index (χ0n) is 9.74. The highest BCUT2D eigenvalue weighted by Gasteiger charge is 2.20. The monoisotopic (exact) mass is 213 g/mol. The number of carbonyl (C=O) groups excluding carboxylic acids is 1. The minimum absolute atomic E-state index is 0.115. The van der Waals surface area contributed by atoms with Gasteiger partial charge in [-0.25, -0.2) is 0 Å². The lowest BCUT2D eigenvalue weighted by Gasteiger charge is -2.27. The Bertz CT molecular complexity index is 186. The molecule has 3 nitrogen and oxygen atoms in total. The van der Waals surface area contributed by atoms with E-state index in [0.717, 1.165) is 12.8 Å². The Labute approximate surface area is 92.5 Å². The standard InChI is InChI=1S/C12H23NO2/c1-13(12(15)9-6-10-14)11-7-4-2-3-5-8-11/h11,14H,2-10H2,1H3. The first kappa shape index (κ1) is 12.5. The molecule has 0 radical (unpaired) electrons. The van der Waals surface area contributed by atoms with E-state index in [1.165, 1.54) is 25.7 Å². The molecule has 1 rings (SSSR count). The zero-order chi connectivity index (χ0) is 11.1. The summed E-state index contributed by atoms with van der Waals surface area (Å²) in [6, 6.07) is 0.443. The van der Waals surface area contributed by atoms with Gasteiger partial charge >= 0.3 is 0 Å². The van der Waals surface area contributed by atoms with Gasteiger partial charge in [0.05, 0.1) is 0 Å². The molecule has 1 N–H and O–H groups in total. The van der Waals surface area contributed by atoms with Crippen LogP contribution in [0.5, 0.6) is 0 Å². The lowest BCUT2D eigenvalue weighted by Crippen LogP contribution is -2.36. The van der Waals surface area contributed by atoms with E-state index in [1.54, 1.807) is 0 Å². The van der Waals surface area contributed by atoms with Crippen molar-refractivity contribution in [1.29, 1.82) is 0 Å². The Morgan fingerprint density at radius 2 is 1.87 bits per heavy atom. The van der Waals surface area contributed by atoms with E-state index in [4.69, 9.17) is 5.11 Å². The molecule has 1 saturated carbocycles. The Morgan fingerprint density at radius 3 is 2.40 bits per heavy atom. The minimum Gasteiger partial charge on any atom is -0.396 e. The molecule has 0 aliphatic heterocycles. The van der Waals surface area contributed by atoms with E-state index in [0.29, 0.717) is 18.9 Å². The smallest absolute Gasteiger partial charge is 0.222 e. The maximum Gasteiger partial charge on any atom is 0.222 e. The fourth-order valence-electron chi connectivity index (χ4n) is 2.26. The van der Waals surface area contributed by atoms with Gasteiger partial charge in [0.25, 0.3) is 0 Å². The van der Waals surface area contributed by atoms with Gasteiger partial charge in [-0.05, 0) is 19.3 Å². The van der Waals surface area contributed by atoms with Crippen LogP contribution in [0, 0.1) is 0 Å². The molecule has 1 aliphatic carbocycles. The summed E-state index contributed by atoms with van der Waals surface area (Å²) in [5.41, 5.74) is 0. The zero-order valence-corrected chi connectivity index (χ0v) is 9.74. The van der Waals surface area contributed by atoms with Crippen molar-refractivity contribution in [3.05, 3.63) is 0 Å². The summed E-state index contributed by atoms with van der Waals surface area (Å²) in [5, 5.41) is 8.68. The summed E-state index contributed by atoms with van der Waals surface area (Å²) < 4.78 is 0. The van der Waals surface area contributed by atoms with Crippen LogP contribution in [0.25, 0.3) is 0 Å². The van der Waals surface area contributed by atoms with Crippen LogP contribution >= 0.6 is 0 Å². The molecular formula is C12H23NO2. The van der Waals surface area contributed by atoms with Crippen molar-refractivity contribution in [2.45, 2.75) is 57.4 Å². The third-order valence-corrected chi connectivity index (χ3v) is 3.31. The fraction of sp³-hybridized carbons (Fsp3) is 0.917. The molecule has 0 atom stereocenters. The van der Waals surface area contributed by atoms with E-state index < -0.39 is 0 Å². The Kier molecular flexibility index (Phi) is 5.69.